The van der Waals surface area contributed by atoms with E-state index in [9.17, 15) is 8.42 Å². The minimum atomic E-state index is -3.19. The Hall–Kier alpha value is -1.07. The van der Waals surface area contributed by atoms with Crippen molar-refractivity contribution in [1.29, 1.82) is 0 Å². The van der Waals surface area contributed by atoms with Gasteiger partial charge in [-0.3, -0.25) is 0 Å². The number of nitrogens with one attached hydrogen (secondary N) is 1. The molecule has 1 N–H and O–H groups in total. The first-order chi connectivity index (χ1) is 9.57. The van der Waals surface area contributed by atoms with Gasteiger partial charge in [0, 0.05) is 12.8 Å². The molecule has 4 nitrogen and oxygen atoms in total. The number of anilines is 1. The average molecular weight is 297 g/mol. The summed E-state index contributed by atoms with van der Waals surface area (Å²) < 4.78 is 29.1. The van der Waals surface area contributed by atoms with Crippen LogP contribution in [0, 0.1) is 0 Å². The van der Waals surface area contributed by atoms with Crippen molar-refractivity contribution in [2.45, 2.75) is 43.1 Å². The fourth-order valence-corrected chi connectivity index (χ4v) is 3.44. The standard InChI is InChI=1S/C15H23NO3S/c1-20(17,18)15-10-6-5-9-14(15)16-11-12-19-13-7-3-2-4-8-13/h5-6,9-10,13,16H,2-4,7-8,11-12H2,1H3. The molecule has 0 atom stereocenters. The number of rotatable bonds is 6. The molecule has 2 rings (SSSR count). The first-order valence-corrected chi connectivity index (χ1v) is 9.11. The maximum Gasteiger partial charge on any atom is 0.177 e. The Balaban J connectivity index is 1.82. The summed E-state index contributed by atoms with van der Waals surface area (Å²) in [5.74, 6) is 0. The number of hydrogen-bond donors (Lipinski definition) is 1. The molecule has 1 saturated carbocycles. The van der Waals surface area contributed by atoms with Gasteiger partial charge in [-0.1, -0.05) is 31.4 Å². The van der Waals surface area contributed by atoms with Gasteiger partial charge in [-0.05, 0) is 25.0 Å². The maximum absolute atomic E-state index is 11.7. The van der Waals surface area contributed by atoms with Crippen molar-refractivity contribution in [3.05, 3.63) is 24.3 Å². The molecule has 0 saturated heterocycles. The molecule has 0 heterocycles. The van der Waals surface area contributed by atoms with E-state index in [2.05, 4.69) is 5.32 Å². The lowest BCUT2D eigenvalue weighted by Crippen LogP contribution is -2.20. The van der Waals surface area contributed by atoms with Crippen molar-refractivity contribution in [3.8, 4) is 0 Å². The topological polar surface area (TPSA) is 55.4 Å². The van der Waals surface area contributed by atoms with Gasteiger partial charge in [-0.2, -0.15) is 0 Å². The molecule has 1 aromatic rings. The quantitative estimate of drug-likeness (QED) is 0.820. The van der Waals surface area contributed by atoms with Crippen molar-refractivity contribution in [2.75, 3.05) is 24.7 Å². The van der Waals surface area contributed by atoms with Crippen LogP contribution >= 0.6 is 0 Å². The molecule has 0 amide bonds. The third-order valence-corrected chi connectivity index (χ3v) is 4.76. The zero-order valence-electron chi connectivity index (χ0n) is 12.0. The molecule has 0 radical (unpaired) electrons. The first-order valence-electron chi connectivity index (χ1n) is 7.22. The summed E-state index contributed by atoms with van der Waals surface area (Å²) in [6.07, 6.45) is 7.76. The normalized spacial score (nSPS) is 17.1. The van der Waals surface area contributed by atoms with Crippen LogP contribution in [0.5, 0.6) is 0 Å². The van der Waals surface area contributed by atoms with Gasteiger partial charge in [0.2, 0.25) is 0 Å². The second-order valence-electron chi connectivity index (χ2n) is 5.33. The number of benzene rings is 1. The fourth-order valence-electron chi connectivity index (χ4n) is 2.58. The zero-order chi connectivity index (χ0) is 14.4. The van der Waals surface area contributed by atoms with E-state index in [4.69, 9.17) is 4.74 Å². The SMILES string of the molecule is CS(=O)(=O)c1ccccc1NCCOC1CCCCC1. The molecule has 1 aliphatic carbocycles. The third kappa shape index (κ3) is 4.49. The van der Waals surface area contributed by atoms with Crippen LogP contribution in [0.4, 0.5) is 5.69 Å². The highest BCUT2D eigenvalue weighted by Crippen LogP contribution is 2.21. The summed E-state index contributed by atoms with van der Waals surface area (Å²) in [4.78, 5) is 0.345. The number of hydrogen-bond acceptors (Lipinski definition) is 4. The Morgan fingerprint density at radius 3 is 2.60 bits per heavy atom. The Kier molecular flexibility index (Phi) is 5.43. The molecule has 0 aliphatic heterocycles. The van der Waals surface area contributed by atoms with E-state index in [1.165, 1.54) is 25.5 Å². The smallest absolute Gasteiger partial charge is 0.177 e. The van der Waals surface area contributed by atoms with Crippen LogP contribution in [0.1, 0.15) is 32.1 Å². The van der Waals surface area contributed by atoms with Gasteiger partial charge in [0.25, 0.3) is 0 Å². The van der Waals surface area contributed by atoms with Gasteiger partial charge >= 0.3 is 0 Å². The molecule has 0 aromatic heterocycles. The number of para-hydroxylation sites is 1. The van der Waals surface area contributed by atoms with Crippen molar-refractivity contribution >= 4 is 15.5 Å². The predicted molar refractivity (Wildman–Crippen MR) is 80.9 cm³/mol. The molecule has 1 aliphatic rings. The Morgan fingerprint density at radius 1 is 1.20 bits per heavy atom. The first kappa shape index (κ1) is 15.3. The molecule has 1 aromatic carbocycles. The van der Waals surface area contributed by atoms with Crippen LogP contribution in [0.3, 0.4) is 0 Å². The maximum atomic E-state index is 11.7. The van der Waals surface area contributed by atoms with Crippen LogP contribution in [-0.2, 0) is 14.6 Å². The van der Waals surface area contributed by atoms with E-state index < -0.39 is 9.84 Å². The monoisotopic (exact) mass is 297 g/mol. The lowest BCUT2D eigenvalue weighted by atomic mass is 9.98. The minimum Gasteiger partial charge on any atom is -0.382 e. The van der Waals surface area contributed by atoms with Gasteiger partial charge in [0.05, 0.1) is 23.3 Å². The Labute approximate surface area is 121 Å². The highest BCUT2D eigenvalue weighted by Gasteiger charge is 2.14. The summed E-state index contributed by atoms with van der Waals surface area (Å²) in [5.41, 5.74) is 0.655. The predicted octanol–water partition coefficient (Wildman–Crippen LogP) is 2.85. The van der Waals surface area contributed by atoms with Gasteiger partial charge in [0.1, 0.15) is 0 Å². The second kappa shape index (κ2) is 7.09. The van der Waals surface area contributed by atoms with E-state index in [-0.39, 0.29) is 0 Å². The number of ether oxygens (including phenoxy) is 1. The van der Waals surface area contributed by atoms with Crippen molar-refractivity contribution in [2.24, 2.45) is 0 Å². The van der Waals surface area contributed by atoms with Crippen LogP contribution in [0.2, 0.25) is 0 Å². The van der Waals surface area contributed by atoms with Crippen molar-refractivity contribution in [3.63, 3.8) is 0 Å². The van der Waals surface area contributed by atoms with Crippen LogP contribution < -0.4 is 5.32 Å². The highest BCUT2D eigenvalue weighted by atomic mass is 32.2. The number of sulfone groups is 1. The van der Waals surface area contributed by atoms with Crippen LogP contribution in [0.25, 0.3) is 0 Å². The molecule has 0 unspecified atom stereocenters. The minimum absolute atomic E-state index is 0.345. The summed E-state index contributed by atoms with van der Waals surface area (Å²) in [6, 6.07) is 6.98. The van der Waals surface area contributed by atoms with Gasteiger partial charge in [-0.25, -0.2) is 8.42 Å². The van der Waals surface area contributed by atoms with E-state index in [0.717, 1.165) is 12.8 Å². The molecule has 0 bridgehead atoms. The molecular weight excluding hydrogens is 274 g/mol. The molecule has 0 spiro atoms. The highest BCUT2D eigenvalue weighted by molar-refractivity contribution is 7.90. The molecule has 5 heteroatoms. The largest absolute Gasteiger partial charge is 0.382 e. The van der Waals surface area contributed by atoms with Crippen LogP contribution in [-0.4, -0.2) is 33.9 Å². The van der Waals surface area contributed by atoms with Crippen molar-refractivity contribution < 1.29 is 13.2 Å². The second-order valence-corrected chi connectivity index (χ2v) is 7.31. The van der Waals surface area contributed by atoms with Gasteiger partial charge in [-0.15, -0.1) is 0 Å². The third-order valence-electron chi connectivity index (χ3n) is 3.61. The van der Waals surface area contributed by atoms with E-state index >= 15 is 0 Å². The molecule has 20 heavy (non-hydrogen) atoms. The van der Waals surface area contributed by atoms with Crippen LogP contribution in [0.15, 0.2) is 29.2 Å². The van der Waals surface area contributed by atoms with Gasteiger partial charge < -0.3 is 10.1 Å². The lowest BCUT2D eigenvalue weighted by molar-refractivity contribution is 0.0347. The molecule has 112 valence electrons. The Morgan fingerprint density at radius 2 is 1.90 bits per heavy atom. The van der Waals surface area contributed by atoms with E-state index in [0.29, 0.717) is 29.8 Å². The fraction of sp³-hybridized carbons (Fsp3) is 0.600. The summed E-state index contributed by atoms with van der Waals surface area (Å²) >= 11 is 0. The van der Waals surface area contributed by atoms with Crippen molar-refractivity contribution in [1.82, 2.24) is 0 Å². The summed E-state index contributed by atoms with van der Waals surface area (Å²) in [5, 5.41) is 3.16. The summed E-state index contributed by atoms with van der Waals surface area (Å²) in [7, 11) is -3.19. The zero-order valence-corrected chi connectivity index (χ0v) is 12.8. The Bertz CT molecular complexity index is 522. The molecular formula is C15H23NO3S. The van der Waals surface area contributed by atoms with Gasteiger partial charge in [0.15, 0.2) is 9.84 Å². The van der Waals surface area contributed by atoms with E-state index in [1.807, 2.05) is 6.07 Å². The average Bonchev–Trinajstić information content (AvgIpc) is 2.44. The lowest BCUT2D eigenvalue weighted by Gasteiger charge is -2.22. The molecule has 1 fully saturated rings. The summed E-state index contributed by atoms with van der Waals surface area (Å²) in [6.45, 7) is 1.24. The van der Waals surface area contributed by atoms with E-state index in [1.54, 1.807) is 18.2 Å².